The van der Waals surface area contributed by atoms with Gasteiger partial charge in [0.1, 0.15) is 11.3 Å². The number of hydrogen-bond acceptors (Lipinski definition) is 2. The zero-order valence-electron chi connectivity index (χ0n) is 7.49. The minimum absolute atomic E-state index is 0.106. The molecule has 0 aliphatic rings. The van der Waals surface area contributed by atoms with Gasteiger partial charge in [-0.2, -0.15) is 0 Å². The van der Waals surface area contributed by atoms with Crippen LogP contribution in [0.5, 0.6) is 5.75 Å². The van der Waals surface area contributed by atoms with E-state index in [4.69, 9.17) is 0 Å². The lowest BCUT2D eigenvalue weighted by Crippen LogP contribution is -2.10. The van der Waals surface area contributed by atoms with Crippen molar-refractivity contribution < 1.29 is 5.11 Å². The van der Waals surface area contributed by atoms with Gasteiger partial charge in [0, 0.05) is 11.5 Å². The van der Waals surface area contributed by atoms with Crippen LogP contribution in [0.15, 0.2) is 29.1 Å². The third-order valence-corrected chi connectivity index (χ3v) is 2.76. The Bertz CT molecular complexity index is 560. The maximum atomic E-state index is 11.3. The maximum absolute atomic E-state index is 11.3. The van der Waals surface area contributed by atoms with E-state index in [1.165, 1.54) is 9.66 Å². The molecular formula is C10H8BrNO2. The molecule has 0 fully saturated rings. The van der Waals surface area contributed by atoms with Crippen molar-refractivity contribution in [2.24, 2.45) is 0 Å². The highest BCUT2D eigenvalue weighted by atomic mass is 79.9. The summed E-state index contributed by atoms with van der Waals surface area (Å²) in [5, 5.41) is 10.5. The molecule has 1 heterocycles. The normalized spacial score (nSPS) is 10.7. The summed E-state index contributed by atoms with van der Waals surface area (Å²) in [7, 11) is 0. The average molecular weight is 254 g/mol. The van der Waals surface area contributed by atoms with Crippen LogP contribution in [-0.2, 0) is 0 Å². The van der Waals surface area contributed by atoms with Crippen LogP contribution in [0.4, 0.5) is 0 Å². The standard InChI is InChI=1S/C10H8BrNO2/c1-6-4-7-2-3-9(14)12(11)10(7)8(13)5-6/h2-5,13H,1H3. The molecule has 0 spiro atoms. The monoisotopic (exact) mass is 253 g/mol. The lowest BCUT2D eigenvalue weighted by molar-refractivity contribution is 0.479. The smallest absolute Gasteiger partial charge is 0.261 e. The molecule has 2 rings (SSSR count). The lowest BCUT2D eigenvalue weighted by atomic mass is 10.1. The molecule has 72 valence electrons. The molecule has 0 bridgehead atoms. The molecule has 0 unspecified atom stereocenters. The molecule has 0 radical (unpaired) electrons. The van der Waals surface area contributed by atoms with E-state index in [-0.39, 0.29) is 11.3 Å². The minimum Gasteiger partial charge on any atom is -0.506 e. The fourth-order valence-corrected chi connectivity index (χ4v) is 1.97. The quantitative estimate of drug-likeness (QED) is 0.782. The number of phenols is 1. The maximum Gasteiger partial charge on any atom is 0.261 e. The number of nitrogens with zero attached hydrogens (tertiary/aromatic N) is 1. The Morgan fingerprint density at radius 2 is 2.07 bits per heavy atom. The van der Waals surface area contributed by atoms with Crippen molar-refractivity contribution in [2.45, 2.75) is 6.92 Å². The number of benzene rings is 1. The largest absolute Gasteiger partial charge is 0.506 e. The van der Waals surface area contributed by atoms with Crippen molar-refractivity contribution in [3.63, 3.8) is 0 Å². The summed E-state index contributed by atoms with van der Waals surface area (Å²) in [5.41, 5.74) is 1.26. The van der Waals surface area contributed by atoms with Crippen LogP contribution < -0.4 is 5.56 Å². The zero-order valence-corrected chi connectivity index (χ0v) is 9.08. The third-order valence-electron chi connectivity index (χ3n) is 2.06. The fourth-order valence-electron chi connectivity index (χ4n) is 1.46. The van der Waals surface area contributed by atoms with Gasteiger partial charge in [0.05, 0.1) is 16.1 Å². The Morgan fingerprint density at radius 3 is 2.79 bits per heavy atom. The van der Waals surface area contributed by atoms with E-state index in [0.29, 0.717) is 5.52 Å². The van der Waals surface area contributed by atoms with Gasteiger partial charge in [-0.1, -0.05) is 0 Å². The molecule has 2 aromatic rings. The van der Waals surface area contributed by atoms with Crippen molar-refractivity contribution in [3.05, 3.63) is 40.2 Å². The summed E-state index contributed by atoms with van der Waals surface area (Å²) in [4.78, 5) is 11.3. The zero-order chi connectivity index (χ0) is 10.3. The van der Waals surface area contributed by atoms with Crippen LogP contribution >= 0.6 is 16.1 Å². The van der Waals surface area contributed by atoms with Crippen molar-refractivity contribution in [1.82, 2.24) is 3.59 Å². The van der Waals surface area contributed by atoms with E-state index in [1.54, 1.807) is 12.1 Å². The molecule has 0 atom stereocenters. The predicted octanol–water partition coefficient (Wildman–Crippen LogP) is 2.17. The van der Waals surface area contributed by atoms with Gasteiger partial charge in [-0.05, 0) is 30.7 Å². The minimum atomic E-state index is -0.198. The summed E-state index contributed by atoms with van der Waals surface area (Å²) >= 11 is 3.10. The first kappa shape index (κ1) is 9.27. The molecule has 0 aliphatic carbocycles. The molecule has 14 heavy (non-hydrogen) atoms. The second kappa shape index (κ2) is 3.13. The van der Waals surface area contributed by atoms with Gasteiger partial charge < -0.3 is 5.11 Å². The molecule has 0 saturated carbocycles. The number of rotatable bonds is 0. The molecule has 1 N–H and O–H groups in total. The van der Waals surface area contributed by atoms with Crippen molar-refractivity contribution in [3.8, 4) is 5.75 Å². The molecular weight excluding hydrogens is 246 g/mol. The van der Waals surface area contributed by atoms with Gasteiger partial charge in [-0.15, -0.1) is 0 Å². The highest BCUT2D eigenvalue weighted by Crippen LogP contribution is 2.25. The van der Waals surface area contributed by atoms with E-state index >= 15 is 0 Å². The van der Waals surface area contributed by atoms with E-state index in [9.17, 15) is 9.90 Å². The third kappa shape index (κ3) is 1.32. The van der Waals surface area contributed by atoms with Crippen molar-refractivity contribution >= 4 is 27.1 Å². The second-order valence-corrected chi connectivity index (χ2v) is 3.88. The van der Waals surface area contributed by atoms with Gasteiger partial charge in [-0.3, -0.25) is 4.79 Å². The summed E-state index contributed by atoms with van der Waals surface area (Å²) in [6.45, 7) is 1.89. The lowest BCUT2D eigenvalue weighted by Gasteiger charge is -2.05. The van der Waals surface area contributed by atoms with Crippen LogP contribution in [0.2, 0.25) is 0 Å². The van der Waals surface area contributed by atoms with Crippen molar-refractivity contribution in [2.75, 3.05) is 0 Å². The molecule has 4 heteroatoms. The summed E-state index contributed by atoms with van der Waals surface area (Å²) in [6.07, 6.45) is 0. The molecule has 0 aliphatic heterocycles. The average Bonchev–Trinajstić information content (AvgIpc) is 2.10. The number of hydrogen-bond donors (Lipinski definition) is 1. The van der Waals surface area contributed by atoms with E-state index in [1.807, 2.05) is 13.0 Å². The van der Waals surface area contributed by atoms with Gasteiger partial charge >= 0.3 is 0 Å². The van der Waals surface area contributed by atoms with E-state index < -0.39 is 0 Å². The molecule has 3 nitrogen and oxygen atoms in total. The number of fused-ring (bicyclic) bond motifs is 1. The predicted molar refractivity (Wildman–Crippen MR) is 58.9 cm³/mol. The first-order chi connectivity index (χ1) is 6.59. The second-order valence-electron chi connectivity index (χ2n) is 3.17. The summed E-state index contributed by atoms with van der Waals surface area (Å²) < 4.78 is 1.26. The Kier molecular flexibility index (Phi) is 2.07. The summed E-state index contributed by atoms with van der Waals surface area (Å²) in [6, 6.07) is 6.68. The molecule has 1 aromatic heterocycles. The van der Waals surface area contributed by atoms with E-state index in [0.717, 1.165) is 10.9 Å². The first-order valence-corrected chi connectivity index (χ1v) is 4.82. The topological polar surface area (TPSA) is 42.2 Å². The van der Waals surface area contributed by atoms with Gasteiger partial charge in [0.2, 0.25) is 0 Å². The molecule has 0 saturated heterocycles. The Hall–Kier alpha value is -1.29. The van der Waals surface area contributed by atoms with Gasteiger partial charge in [-0.25, -0.2) is 3.59 Å². The number of aryl methyl sites for hydroxylation is 1. The van der Waals surface area contributed by atoms with Crippen LogP contribution in [0.3, 0.4) is 0 Å². The molecule has 1 aromatic carbocycles. The van der Waals surface area contributed by atoms with Gasteiger partial charge in [0.25, 0.3) is 5.56 Å². The molecule has 0 amide bonds. The number of halogens is 1. The summed E-state index contributed by atoms with van der Waals surface area (Å²) in [5.74, 6) is 0.106. The number of aromatic nitrogens is 1. The first-order valence-electron chi connectivity index (χ1n) is 4.11. The Labute approximate surface area is 88.9 Å². The fraction of sp³-hybridized carbons (Fsp3) is 0.100. The Morgan fingerprint density at radius 1 is 1.36 bits per heavy atom. The van der Waals surface area contributed by atoms with Gasteiger partial charge in [0.15, 0.2) is 0 Å². The van der Waals surface area contributed by atoms with Crippen molar-refractivity contribution in [1.29, 1.82) is 0 Å². The number of aromatic hydroxyl groups is 1. The SMILES string of the molecule is Cc1cc(O)c2c(ccc(=O)n2Br)c1. The highest BCUT2D eigenvalue weighted by Gasteiger charge is 2.05. The van der Waals surface area contributed by atoms with Crippen LogP contribution in [0.1, 0.15) is 5.56 Å². The Balaban J connectivity index is 3.03. The van der Waals surface area contributed by atoms with Crippen LogP contribution in [0, 0.1) is 6.92 Å². The number of phenolic OH excluding ortho intramolecular Hbond substituents is 1. The number of pyridine rings is 1. The van der Waals surface area contributed by atoms with Crippen LogP contribution in [0.25, 0.3) is 10.9 Å². The van der Waals surface area contributed by atoms with Crippen LogP contribution in [-0.4, -0.2) is 8.70 Å². The van der Waals surface area contributed by atoms with E-state index in [2.05, 4.69) is 16.1 Å². The highest BCUT2D eigenvalue weighted by molar-refractivity contribution is 9.08.